The van der Waals surface area contributed by atoms with Crippen LogP contribution in [0.1, 0.15) is 51.4 Å². The van der Waals surface area contributed by atoms with Gasteiger partial charge in [0.1, 0.15) is 0 Å². The van der Waals surface area contributed by atoms with E-state index < -0.39 is 0 Å². The van der Waals surface area contributed by atoms with E-state index in [4.69, 9.17) is 28.8 Å². The lowest BCUT2D eigenvalue weighted by molar-refractivity contribution is 0.565. The monoisotopic (exact) mass is 500 g/mol. The molecule has 1 aliphatic rings. The summed E-state index contributed by atoms with van der Waals surface area (Å²) in [5.41, 5.74) is 10.7. The Kier molecular flexibility index (Phi) is 6.16. The Morgan fingerprint density at radius 2 is 1.60 bits per heavy atom. The molecule has 0 unspecified atom stereocenters. The molecule has 0 spiro atoms. The molecule has 1 N–H and O–H groups in total. The molecule has 4 nitrogen and oxygen atoms in total. The minimum Gasteiger partial charge on any atom is -0.351 e. The van der Waals surface area contributed by atoms with Crippen molar-refractivity contribution in [3.05, 3.63) is 111 Å². The third kappa shape index (κ3) is 4.13. The highest BCUT2D eigenvalue weighted by Crippen LogP contribution is 2.44. The summed E-state index contributed by atoms with van der Waals surface area (Å²) in [6.45, 7) is 10.9. The van der Waals surface area contributed by atoms with Gasteiger partial charge in [0.15, 0.2) is 5.11 Å². The number of halogens is 1. The van der Waals surface area contributed by atoms with Crippen LogP contribution in [0.2, 0.25) is 5.02 Å². The SMILES string of the molecule is Cc1cc(C)c(-n2c(C)cc([C@@H]3[C@H](c4ccccn4)NC(=S)N3c3ccc(Cl)cc3)c2C)c(C)c1. The first kappa shape index (κ1) is 23.6. The van der Waals surface area contributed by atoms with Crippen molar-refractivity contribution in [1.82, 2.24) is 14.9 Å². The van der Waals surface area contributed by atoms with Gasteiger partial charge in [0.25, 0.3) is 0 Å². The number of nitrogens with one attached hydrogen (secondary N) is 1. The summed E-state index contributed by atoms with van der Waals surface area (Å²) in [6, 6.07) is 20.6. The number of aryl methyl sites for hydroxylation is 4. The summed E-state index contributed by atoms with van der Waals surface area (Å²) >= 11 is 12.1. The molecule has 0 bridgehead atoms. The Bertz CT molecular complexity index is 1390. The molecule has 1 fully saturated rings. The fourth-order valence-corrected chi connectivity index (χ4v) is 5.98. The standard InChI is InChI=1S/C29H29ClN4S/c1-17-14-18(2)27(19(3)15-17)33-20(4)16-24(21(33)5)28-26(25-8-6-7-13-31-25)32-29(35)34(28)23-11-9-22(30)10-12-23/h6-16,26,28H,1-5H3,(H,32,35)/t26-,28+/m0/s1. The summed E-state index contributed by atoms with van der Waals surface area (Å²) in [5, 5.41) is 4.94. The van der Waals surface area contributed by atoms with E-state index in [0.29, 0.717) is 10.1 Å². The van der Waals surface area contributed by atoms with Crippen molar-refractivity contribution in [1.29, 1.82) is 0 Å². The largest absolute Gasteiger partial charge is 0.351 e. The minimum absolute atomic E-state index is 0.0652. The molecule has 0 amide bonds. The first-order valence-corrected chi connectivity index (χ1v) is 12.6. The molecule has 35 heavy (non-hydrogen) atoms. The molecule has 2 aromatic heterocycles. The van der Waals surface area contributed by atoms with Crippen LogP contribution in [-0.2, 0) is 0 Å². The molecule has 1 aliphatic heterocycles. The van der Waals surface area contributed by atoms with Crippen LogP contribution in [0.4, 0.5) is 5.69 Å². The Balaban J connectivity index is 1.71. The van der Waals surface area contributed by atoms with Crippen LogP contribution in [-0.4, -0.2) is 14.7 Å². The first-order chi connectivity index (χ1) is 16.8. The van der Waals surface area contributed by atoms with E-state index in [1.165, 1.54) is 39.3 Å². The van der Waals surface area contributed by atoms with Gasteiger partial charge in [0.05, 0.1) is 23.5 Å². The van der Waals surface area contributed by atoms with Gasteiger partial charge in [-0.15, -0.1) is 0 Å². The van der Waals surface area contributed by atoms with Gasteiger partial charge in [-0.05, 0) is 106 Å². The number of anilines is 1. The summed E-state index contributed by atoms with van der Waals surface area (Å²) < 4.78 is 2.39. The molecule has 1 saturated heterocycles. The molecule has 3 heterocycles. The van der Waals surface area contributed by atoms with Gasteiger partial charge in [0, 0.05) is 28.3 Å². The molecule has 178 valence electrons. The fourth-order valence-electron chi connectivity index (χ4n) is 5.51. The van der Waals surface area contributed by atoms with Crippen LogP contribution in [0, 0.1) is 34.6 Å². The Morgan fingerprint density at radius 3 is 2.23 bits per heavy atom. The molecule has 2 aromatic carbocycles. The number of hydrogen-bond donors (Lipinski definition) is 1. The summed E-state index contributed by atoms with van der Waals surface area (Å²) in [5.74, 6) is 0. The number of hydrogen-bond acceptors (Lipinski definition) is 2. The summed E-state index contributed by atoms with van der Waals surface area (Å²) in [7, 11) is 0. The number of benzene rings is 2. The molecule has 6 heteroatoms. The van der Waals surface area contributed by atoms with Crippen molar-refractivity contribution >= 4 is 34.6 Å². The second-order valence-corrected chi connectivity index (χ2v) is 10.2. The lowest BCUT2D eigenvalue weighted by Gasteiger charge is -2.28. The number of aromatic nitrogens is 2. The second kappa shape index (κ2) is 9.14. The van der Waals surface area contributed by atoms with Crippen LogP contribution < -0.4 is 10.2 Å². The lowest BCUT2D eigenvalue weighted by atomic mass is 9.96. The number of rotatable bonds is 4. The molecule has 0 saturated carbocycles. The van der Waals surface area contributed by atoms with E-state index >= 15 is 0 Å². The zero-order valence-electron chi connectivity index (χ0n) is 20.6. The molecule has 0 aliphatic carbocycles. The maximum atomic E-state index is 6.21. The van der Waals surface area contributed by atoms with Gasteiger partial charge in [-0.1, -0.05) is 35.4 Å². The second-order valence-electron chi connectivity index (χ2n) is 9.38. The third-order valence-corrected chi connectivity index (χ3v) is 7.42. The highest BCUT2D eigenvalue weighted by atomic mass is 35.5. The van der Waals surface area contributed by atoms with Crippen LogP contribution in [0.25, 0.3) is 5.69 Å². The summed E-state index contributed by atoms with van der Waals surface area (Å²) in [4.78, 5) is 6.89. The van der Waals surface area contributed by atoms with Crippen molar-refractivity contribution < 1.29 is 0 Å². The van der Waals surface area contributed by atoms with E-state index in [-0.39, 0.29) is 12.1 Å². The van der Waals surface area contributed by atoms with Crippen LogP contribution in [0.3, 0.4) is 0 Å². The van der Waals surface area contributed by atoms with Gasteiger partial charge >= 0.3 is 0 Å². The van der Waals surface area contributed by atoms with Gasteiger partial charge in [-0.3, -0.25) is 4.98 Å². The molecule has 4 aromatic rings. The normalized spacial score (nSPS) is 17.7. The van der Waals surface area contributed by atoms with E-state index in [1.54, 1.807) is 0 Å². The Hall–Kier alpha value is -3.15. The van der Waals surface area contributed by atoms with Gasteiger partial charge in [-0.2, -0.15) is 0 Å². The molecular weight excluding hydrogens is 472 g/mol. The van der Waals surface area contributed by atoms with Gasteiger partial charge < -0.3 is 14.8 Å². The Morgan fingerprint density at radius 1 is 0.914 bits per heavy atom. The van der Waals surface area contributed by atoms with Crippen molar-refractivity contribution in [2.24, 2.45) is 0 Å². The zero-order chi connectivity index (χ0) is 24.9. The zero-order valence-corrected chi connectivity index (χ0v) is 22.2. The highest BCUT2D eigenvalue weighted by Gasteiger charge is 2.42. The summed E-state index contributed by atoms with van der Waals surface area (Å²) in [6.07, 6.45) is 1.84. The van der Waals surface area contributed by atoms with E-state index in [2.05, 4.69) is 73.7 Å². The smallest absolute Gasteiger partial charge is 0.174 e. The molecular formula is C29H29ClN4S. The maximum absolute atomic E-state index is 6.21. The number of thiocarbonyl (C=S) groups is 1. The molecule has 0 radical (unpaired) electrons. The van der Waals surface area contributed by atoms with Crippen molar-refractivity contribution in [3.63, 3.8) is 0 Å². The minimum atomic E-state index is -0.0893. The van der Waals surface area contributed by atoms with Crippen LogP contribution in [0.15, 0.2) is 66.9 Å². The lowest BCUT2D eigenvalue weighted by Crippen LogP contribution is -2.29. The number of pyridine rings is 1. The predicted octanol–water partition coefficient (Wildman–Crippen LogP) is 7.24. The van der Waals surface area contributed by atoms with Gasteiger partial charge in [-0.25, -0.2) is 0 Å². The van der Waals surface area contributed by atoms with Crippen LogP contribution >= 0.6 is 23.8 Å². The third-order valence-electron chi connectivity index (χ3n) is 6.85. The predicted molar refractivity (Wildman–Crippen MR) is 149 cm³/mol. The first-order valence-electron chi connectivity index (χ1n) is 11.8. The van der Waals surface area contributed by atoms with Crippen molar-refractivity contribution in [3.8, 4) is 5.69 Å². The average molecular weight is 501 g/mol. The van der Waals surface area contributed by atoms with Gasteiger partial charge in [0.2, 0.25) is 0 Å². The van der Waals surface area contributed by atoms with E-state index in [1.807, 2.05) is 42.6 Å². The highest BCUT2D eigenvalue weighted by molar-refractivity contribution is 7.80. The quantitative estimate of drug-likeness (QED) is 0.299. The van der Waals surface area contributed by atoms with Crippen molar-refractivity contribution in [2.45, 2.75) is 46.7 Å². The van der Waals surface area contributed by atoms with E-state index in [9.17, 15) is 0 Å². The number of nitrogens with zero attached hydrogens (tertiary/aromatic N) is 3. The molecule has 2 atom stereocenters. The van der Waals surface area contributed by atoms with E-state index in [0.717, 1.165) is 11.4 Å². The molecule has 5 rings (SSSR count). The topological polar surface area (TPSA) is 33.1 Å². The maximum Gasteiger partial charge on any atom is 0.174 e. The van der Waals surface area contributed by atoms with Crippen LogP contribution in [0.5, 0.6) is 0 Å². The Labute approximate surface area is 217 Å². The average Bonchev–Trinajstić information content (AvgIpc) is 3.30. The van der Waals surface area contributed by atoms with Crippen molar-refractivity contribution in [2.75, 3.05) is 4.90 Å². The fraction of sp³-hybridized carbons (Fsp3) is 0.241.